The summed E-state index contributed by atoms with van der Waals surface area (Å²) in [5.74, 6) is 3.29. The Hall–Kier alpha value is 0.110. The molecule has 1 aliphatic heterocycles. The predicted molar refractivity (Wildman–Crippen MR) is 78.4 cm³/mol. The van der Waals surface area contributed by atoms with Crippen LogP contribution in [0.3, 0.4) is 0 Å². The second kappa shape index (κ2) is 6.33. The van der Waals surface area contributed by atoms with Gasteiger partial charge in [-0.05, 0) is 48.9 Å². The van der Waals surface area contributed by atoms with Crippen LogP contribution in [0.1, 0.15) is 12.0 Å². The number of thioether (sulfide) groups is 1. The maximum Gasteiger partial charge on any atom is 0.0624 e. The topological polar surface area (TPSA) is 12.0 Å². The molecule has 17 heavy (non-hydrogen) atoms. The quantitative estimate of drug-likeness (QED) is 0.903. The highest BCUT2D eigenvalue weighted by Crippen LogP contribution is 2.31. The molecule has 2 atom stereocenters. The van der Waals surface area contributed by atoms with Crippen molar-refractivity contribution in [2.24, 2.45) is 5.92 Å². The van der Waals surface area contributed by atoms with Gasteiger partial charge in [0.2, 0.25) is 0 Å². The van der Waals surface area contributed by atoms with E-state index in [0.717, 1.165) is 17.9 Å². The number of benzene rings is 1. The molecule has 94 valence electrons. The van der Waals surface area contributed by atoms with E-state index >= 15 is 0 Å². The minimum absolute atomic E-state index is 0.501. The number of hydrogen-bond donors (Lipinski definition) is 1. The summed E-state index contributed by atoms with van der Waals surface area (Å²) in [4.78, 5) is 0. The fraction of sp³-hybridized carbons (Fsp3) is 0.538. The van der Waals surface area contributed by atoms with E-state index in [2.05, 4.69) is 11.4 Å². The van der Waals surface area contributed by atoms with Gasteiger partial charge in [-0.15, -0.1) is 0 Å². The van der Waals surface area contributed by atoms with E-state index in [0.29, 0.717) is 16.1 Å². The summed E-state index contributed by atoms with van der Waals surface area (Å²) in [6.07, 6.45) is 2.26. The zero-order valence-electron chi connectivity index (χ0n) is 9.88. The molecular weight excluding hydrogens is 273 g/mol. The second-order valence-corrected chi connectivity index (χ2v) is 6.37. The molecule has 1 aliphatic rings. The fourth-order valence-corrected chi connectivity index (χ4v) is 4.05. The molecule has 2 rings (SSSR count). The molecule has 0 bridgehead atoms. The first-order valence-corrected chi connectivity index (χ1v) is 7.81. The molecule has 1 saturated heterocycles. The van der Waals surface area contributed by atoms with E-state index in [1.807, 2.05) is 30.9 Å². The molecule has 0 aromatic heterocycles. The molecule has 1 aromatic rings. The standard InChI is InChI=1S/C13H17Cl2NS/c1-16-12(10-5-6-17-8-10)7-9-3-2-4-11(14)13(9)15/h2-4,10,12,16H,5-8H2,1H3. The van der Waals surface area contributed by atoms with Crippen molar-refractivity contribution >= 4 is 35.0 Å². The molecule has 0 saturated carbocycles. The molecule has 0 spiro atoms. The van der Waals surface area contributed by atoms with Gasteiger partial charge >= 0.3 is 0 Å². The summed E-state index contributed by atoms with van der Waals surface area (Å²) in [5.41, 5.74) is 1.15. The number of halogens is 2. The third kappa shape index (κ3) is 3.31. The van der Waals surface area contributed by atoms with Gasteiger partial charge in [-0.2, -0.15) is 11.8 Å². The number of likely N-dealkylation sites (N-methyl/N-ethyl adjacent to an activating group) is 1. The predicted octanol–water partition coefficient (Wildman–Crippen LogP) is 3.88. The van der Waals surface area contributed by atoms with Gasteiger partial charge in [0, 0.05) is 6.04 Å². The van der Waals surface area contributed by atoms with Crippen molar-refractivity contribution in [1.29, 1.82) is 0 Å². The molecule has 0 aliphatic carbocycles. The van der Waals surface area contributed by atoms with E-state index in [-0.39, 0.29) is 0 Å². The highest BCUT2D eigenvalue weighted by atomic mass is 35.5. The normalized spacial score (nSPS) is 21.7. The van der Waals surface area contributed by atoms with Crippen LogP contribution in [0.2, 0.25) is 10.0 Å². The van der Waals surface area contributed by atoms with E-state index in [4.69, 9.17) is 23.2 Å². The Balaban J connectivity index is 2.09. The monoisotopic (exact) mass is 289 g/mol. The van der Waals surface area contributed by atoms with E-state index in [1.165, 1.54) is 17.9 Å². The van der Waals surface area contributed by atoms with Gasteiger partial charge in [0.1, 0.15) is 0 Å². The van der Waals surface area contributed by atoms with Crippen LogP contribution in [-0.4, -0.2) is 24.6 Å². The molecule has 2 unspecified atom stereocenters. The lowest BCUT2D eigenvalue weighted by molar-refractivity contribution is 0.404. The lowest BCUT2D eigenvalue weighted by Crippen LogP contribution is -2.35. The average Bonchev–Trinajstić information content (AvgIpc) is 2.85. The zero-order chi connectivity index (χ0) is 12.3. The Morgan fingerprint density at radius 1 is 1.47 bits per heavy atom. The molecule has 1 heterocycles. The Morgan fingerprint density at radius 3 is 2.94 bits per heavy atom. The van der Waals surface area contributed by atoms with Crippen molar-refractivity contribution in [2.45, 2.75) is 18.9 Å². The second-order valence-electron chi connectivity index (χ2n) is 4.44. The van der Waals surface area contributed by atoms with Crippen molar-refractivity contribution in [1.82, 2.24) is 5.32 Å². The lowest BCUT2D eigenvalue weighted by Gasteiger charge is -2.23. The van der Waals surface area contributed by atoms with Crippen LogP contribution in [0, 0.1) is 5.92 Å². The van der Waals surface area contributed by atoms with Gasteiger partial charge in [-0.25, -0.2) is 0 Å². The first kappa shape index (κ1) is 13.5. The summed E-state index contributed by atoms with van der Waals surface area (Å²) in [6.45, 7) is 0. The lowest BCUT2D eigenvalue weighted by atomic mass is 9.93. The molecule has 0 radical (unpaired) electrons. The third-order valence-corrected chi connectivity index (χ3v) is 5.42. The minimum atomic E-state index is 0.501. The number of nitrogens with one attached hydrogen (secondary N) is 1. The van der Waals surface area contributed by atoms with Gasteiger partial charge in [-0.1, -0.05) is 35.3 Å². The maximum atomic E-state index is 6.24. The van der Waals surface area contributed by atoms with Crippen molar-refractivity contribution < 1.29 is 0 Å². The average molecular weight is 290 g/mol. The number of rotatable bonds is 4. The van der Waals surface area contributed by atoms with Crippen LogP contribution in [-0.2, 0) is 6.42 Å². The zero-order valence-corrected chi connectivity index (χ0v) is 12.2. The smallest absolute Gasteiger partial charge is 0.0624 e. The first-order chi connectivity index (χ1) is 8.22. The Labute approximate surface area is 117 Å². The van der Waals surface area contributed by atoms with Crippen molar-refractivity contribution in [3.05, 3.63) is 33.8 Å². The molecule has 1 N–H and O–H groups in total. The summed E-state index contributed by atoms with van der Waals surface area (Å²) in [5, 5.41) is 4.79. The minimum Gasteiger partial charge on any atom is -0.316 e. The Kier molecular flexibility index (Phi) is 5.04. The van der Waals surface area contributed by atoms with Gasteiger partial charge < -0.3 is 5.32 Å². The maximum absolute atomic E-state index is 6.24. The SMILES string of the molecule is CNC(Cc1cccc(Cl)c1Cl)C1CCSC1. The molecule has 0 amide bonds. The van der Waals surface area contributed by atoms with E-state index in [9.17, 15) is 0 Å². The van der Waals surface area contributed by atoms with Crippen LogP contribution in [0.4, 0.5) is 0 Å². The Morgan fingerprint density at radius 2 is 2.29 bits per heavy atom. The van der Waals surface area contributed by atoms with Gasteiger partial charge in [-0.3, -0.25) is 0 Å². The molecular formula is C13H17Cl2NS. The third-order valence-electron chi connectivity index (χ3n) is 3.38. The van der Waals surface area contributed by atoms with Crippen molar-refractivity contribution in [3.8, 4) is 0 Å². The molecule has 4 heteroatoms. The first-order valence-electron chi connectivity index (χ1n) is 5.90. The molecule has 1 aromatic carbocycles. The summed E-state index contributed by atoms with van der Waals surface area (Å²) in [7, 11) is 2.03. The van der Waals surface area contributed by atoms with Crippen LogP contribution >= 0.6 is 35.0 Å². The highest BCUT2D eigenvalue weighted by Gasteiger charge is 2.25. The van der Waals surface area contributed by atoms with Crippen LogP contribution in [0.25, 0.3) is 0 Å². The Bertz CT molecular complexity index is 378. The summed E-state index contributed by atoms with van der Waals surface area (Å²) in [6, 6.07) is 6.38. The fourth-order valence-electron chi connectivity index (χ4n) is 2.32. The van der Waals surface area contributed by atoms with Crippen molar-refractivity contribution in [2.75, 3.05) is 18.6 Å². The summed E-state index contributed by atoms with van der Waals surface area (Å²) >= 11 is 14.3. The molecule has 1 fully saturated rings. The highest BCUT2D eigenvalue weighted by molar-refractivity contribution is 7.99. The van der Waals surface area contributed by atoms with E-state index < -0.39 is 0 Å². The summed E-state index contributed by atoms with van der Waals surface area (Å²) < 4.78 is 0. The van der Waals surface area contributed by atoms with Gasteiger partial charge in [0.25, 0.3) is 0 Å². The number of hydrogen-bond acceptors (Lipinski definition) is 2. The van der Waals surface area contributed by atoms with Gasteiger partial charge in [0.05, 0.1) is 10.0 Å². The van der Waals surface area contributed by atoms with Crippen LogP contribution < -0.4 is 5.32 Å². The van der Waals surface area contributed by atoms with Crippen LogP contribution in [0.5, 0.6) is 0 Å². The van der Waals surface area contributed by atoms with E-state index in [1.54, 1.807) is 0 Å². The largest absolute Gasteiger partial charge is 0.316 e. The van der Waals surface area contributed by atoms with Gasteiger partial charge in [0.15, 0.2) is 0 Å². The molecule has 1 nitrogen and oxygen atoms in total. The van der Waals surface area contributed by atoms with Crippen molar-refractivity contribution in [3.63, 3.8) is 0 Å². The van der Waals surface area contributed by atoms with Crippen LogP contribution in [0.15, 0.2) is 18.2 Å².